The summed E-state index contributed by atoms with van der Waals surface area (Å²) in [5.74, 6) is -0.359. The fraction of sp³-hybridized carbons (Fsp3) is 0.0588. The van der Waals surface area contributed by atoms with Crippen molar-refractivity contribution < 1.29 is 9.90 Å². The van der Waals surface area contributed by atoms with E-state index in [1.165, 1.54) is 16.8 Å². The highest BCUT2D eigenvalue weighted by Gasteiger charge is 2.23. The Hall–Kier alpha value is -2.73. The van der Waals surface area contributed by atoms with Crippen LogP contribution >= 0.6 is 11.8 Å². The summed E-state index contributed by atoms with van der Waals surface area (Å²) >= 11 is 1.65. The molecule has 2 N–H and O–H groups in total. The van der Waals surface area contributed by atoms with E-state index in [1.54, 1.807) is 23.9 Å². The van der Waals surface area contributed by atoms with Crippen molar-refractivity contribution in [2.24, 2.45) is 0 Å². The fourth-order valence-electron chi connectivity index (χ4n) is 2.71. The molecule has 1 aromatic heterocycles. The van der Waals surface area contributed by atoms with Crippen LogP contribution in [0, 0.1) is 0 Å². The second-order valence-electron chi connectivity index (χ2n) is 5.24. The minimum absolute atomic E-state index is 0.0925. The molecule has 23 heavy (non-hydrogen) atoms. The summed E-state index contributed by atoms with van der Waals surface area (Å²) in [5, 5.41) is 12.1. The lowest BCUT2D eigenvalue weighted by molar-refractivity contribution is 0.0697. The average Bonchev–Trinajstić information content (AvgIpc) is 2.92. The van der Waals surface area contributed by atoms with Crippen molar-refractivity contribution in [2.45, 2.75) is 10.6 Å². The van der Waals surface area contributed by atoms with Crippen LogP contribution in [0.2, 0.25) is 0 Å². The van der Waals surface area contributed by atoms with E-state index in [1.807, 2.05) is 24.3 Å². The van der Waals surface area contributed by atoms with Gasteiger partial charge in [0.15, 0.2) is 0 Å². The largest absolute Gasteiger partial charge is 0.478 e. The minimum atomic E-state index is -0.986. The molecule has 0 saturated carbocycles. The number of aromatic amines is 1. The molecule has 2 aromatic carbocycles. The number of H-pyrrole nitrogens is 1. The number of nitrogens with one attached hydrogen (secondary N) is 1. The molecule has 5 nitrogen and oxygen atoms in total. The molecule has 1 aliphatic rings. The highest BCUT2D eigenvalue weighted by Crippen LogP contribution is 2.39. The van der Waals surface area contributed by atoms with Crippen LogP contribution in [0.3, 0.4) is 0 Å². The van der Waals surface area contributed by atoms with Crippen LogP contribution in [0.5, 0.6) is 0 Å². The van der Waals surface area contributed by atoms with Gasteiger partial charge < -0.3 is 5.11 Å². The molecular weight excluding hydrogens is 312 g/mol. The van der Waals surface area contributed by atoms with E-state index in [2.05, 4.69) is 5.10 Å². The number of thioether (sulfide) groups is 1. The Bertz CT molecular complexity index is 970. The zero-order chi connectivity index (χ0) is 16.0. The summed E-state index contributed by atoms with van der Waals surface area (Å²) in [5.41, 5.74) is 3.33. The summed E-state index contributed by atoms with van der Waals surface area (Å²) in [6, 6.07) is 14.2. The van der Waals surface area contributed by atoms with Crippen molar-refractivity contribution in [1.29, 1.82) is 0 Å². The third-order valence-electron chi connectivity index (χ3n) is 3.89. The number of carbonyl (C=O) groups is 1. The van der Waals surface area contributed by atoms with Gasteiger partial charge in [-0.3, -0.25) is 9.89 Å². The summed E-state index contributed by atoms with van der Waals surface area (Å²) in [4.78, 5) is 24.7. The summed E-state index contributed by atoms with van der Waals surface area (Å²) in [6.45, 7) is 0. The Balaban J connectivity index is 1.85. The Morgan fingerprint density at radius 3 is 2.61 bits per heavy atom. The molecule has 0 aliphatic carbocycles. The normalized spacial score (nSPS) is 12.5. The number of fused-ring (bicyclic) bond motifs is 3. The number of hydrogen-bond acceptors (Lipinski definition) is 3. The Kier molecular flexibility index (Phi) is 3.12. The number of benzene rings is 2. The first kappa shape index (κ1) is 13.9. The molecule has 0 spiro atoms. The quantitative estimate of drug-likeness (QED) is 0.759. The van der Waals surface area contributed by atoms with Gasteiger partial charge in [-0.25, -0.2) is 9.48 Å². The van der Waals surface area contributed by atoms with Crippen molar-refractivity contribution in [2.75, 3.05) is 0 Å². The lowest BCUT2D eigenvalue weighted by Gasteiger charge is -2.13. The van der Waals surface area contributed by atoms with E-state index >= 15 is 0 Å². The highest BCUT2D eigenvalue weighted by molar-refractivity contribution is 7.98. The van der Waals surface area contributed by atoms with Crippen molar-refractivity contribution in [3.05, 3.63) is 70.0 Å². The van der Waals surface area contributed by atoms with Crippen molar-refractivity contribution >= 4 is 17.7 Å². The molecule has 0 radical (unpaired) electrons. The van der Waals surface area contributed by atoms with Gasteiger partial charge in [-0.2, -0.15) is 0 Å². The second kappa shape index (κ2) is 5.17. The molecule has 6 heteroatoms. The topological polar surface area (TPSA) is 75.1 Å². The first-order valence-corrected chi connectivity index (χ1v) is 8.03. The number of rotatable bonds is 2. The Labute approximate surface area is 135 Å². The van der Waals surface area contributed by atoms with Gasteiger partial charge >= 0.3 is 5.97 Å². The number of carboxylic acid groups (broad SMARTS) is 1. The monoisotopic (exact) mass is 324 g/mol. The molecule has 114 valence electrons. The van der Waals surface area contributed by atoms with Gasteiger partial charge in [0, 0.05) is 16.2 Å². The summed E-state index contributed by atoms with van der Waals surface area (Å²) < 4.78 is 1.47. The van der Waals surface area contributed by atoms with Crippen LogP contribution in [0.1, 0.15) is 15.9 Å². The van der Waals surface area contributed by atoms with Crippen LogP contribution in [-0.2, 0) is 5.75 Å². The zero-order valence-electron chi connectivity index (χ0n) is 11.9. The second-order valence-corrected chi connectivity index (χ2v) is 6.26. The van der Waals surface area contributed by atoms with Crippen LogP contribution in [0.25, 0.3) is 16.9 Å². The van der Waals surface area contributed by atoms with Crippen LogP contribution in [-0.4, -0.2) is 20.9 Å². The molecule has 4 rings (SSSR count). The van der Waals surface area contributed by atoms with Gasteiger partial charge in [-0.15, -0.1) is 11.8 Å². The number of nitrogens with zero attached hydrogens (tertiary/aromatic N) is 1. The van der Waals surface area contributed by atoms with Crippen molar-refractivity contribution in [1.82, 2.24) is 9.78 Å². The molecule has 0 bridgehead atoms. The van der Waals surface area contributed by atoms with Gasteiger partial charge in [-0.1, -0.05) is 18.2 Å². The summed E-state index contributed by atoms with van der Waals surface area (Å²) in [6.07, 6.45) is 0. The smallest absolute Gasteiger partial charge is 0.335 e. The van der Waals surface area contributed by atoms with Gasteiger partial charge in [-0.05, 0) is 30.3 Å². The average molecular weight is 324 g/mol. The van der Waals surface area contributed by atoms with E-state index in [-0.39, 0.29) is 11.1 Å². The van der Waals surface area contributed by atoms with E-state index in [0.29, 0.717) is 11.4 Å². The van der Waals surface area contributed by atoms with E-state index < -0.39 is 5.97 Å². The van der Waals surface area contributed by atoms with Gasteiger partial charge in [0.05, 0.1) is 22.5 Å². The molecule has 1 aliphatic heterocycles. The van der Waals surface area contributed by atoms with Crippen LogP contribution in [0.15, 0.2) is 58.2 Å². The lowest BCUT2D eigenvalue weighted by atomic mass is 10.1. The standard InChI is InChI=1S/C17H12N2O3S/c20-16-13-9-23-14-4-2-1-3-12(14)15(13)18-19(16)11-7-5-10(6-8-11)17(21)22/h1-8,18H,9H2,(H,21,22). The van der Waals surface area contributed by atoms with Gasteiger partial charge in [0.1, 0.15) is 0 Å². The molecule has 0 fully saturated rings. The Morgan fingerprint density at radius 1 is 1.13 bits per heavy atom. The Morgan fingerprint density at radius 2 is 1.87 bits per heavy atom. The first-order chi connectivity index (χ1) is 11.1. The SMILES string of the molecule is O=C(O)c1ccc(-n2[nH]c3c(c2=O)CSc2ccccc2-3)cc1. The molecule has 0 amide bonds. The third kappa shape index (κ3) is 2.19. The van der Waals surface area contributed by atoms with Crippen molar-refractivity contribution in [3.63, 3.8) is 0 Å². The summed E-state index contributed by atoms with van der Waals surface area (Å²) in [7, 11) is 0. The highest BCUT2D eigenvalue weighted by atomic mass is 32.2. The van der Waals surface area contributed by atoms with E-state index in [4.69, 9.17) is 5.11 Å². The van der Waals surface area contributed by atoms with Crippen LogP contribution < -0.4 is 5.56 Å². The van der Waals surface area contributed by atoms with E-state index in [0.717, 1.165) is 21.7 Å². The molecule has 2 heterocycles. The predicted octanol–water partition coefficient (Wildman–Crippen LogP) is 3.14. The third-order valence-corrected chi connectivity index (χ3v) is 4.99. The van der Waals surface area contributed by atoms with E-state index in [9.17, 15) is 9.59 Å². The molecular formula is C17H12N2O3S. The predicted molar refractivity (Wildman–Crippen MR) is 88.3 cm³/mol. The zero-order valence-corrected chi connectivity index (χ0v) is 12.8. The van der Waals surface area contributed by atoms with Gasteiger partial charge in [0.25, 0.3) is 5.56 Å². The van der Waals surface area contributed by atoms with Crippen LogP contribution in [0.4, 0.5) is 0 Å². The molecule has 0 saturated heterocycles. The number of aromatic carboxylic acids is 1. The lowest BCUT2D eigenvalue weighted by Crippen LogP contribution is -2.17. The number of carboxylic acids is 1. The first-order valence-electron chi connectivity index (χ1n) is 7.05. The maximum absolute atomic E-state index is 12.6. The minimum Gasteiger partial charge on any atom is -0.478 e. The number of aromatic nitrogens is 2. The fourth-order valence-corrected chi connectivity index (χ4v) is 3.78. The maximum atomic E-state index is 12.6. The molecule has 3 aromatic rings. The van der Waals surface area contributed by atoms with Gasteiger partial charge in [0.2, 0.25) is 0 Å². The molecule has 0 unspecified atom stereocenters. The maximum Gasteiger partial charge on any atom is 0.335 e. The number of hydrogen-bond donors (Lipinski definition) is 2. The molecule has 0 atom stereocenters. The van der Waals surface area contributed by atoms with Crippen molar-refractivity contribution in [3.8, 4) is 16.9 Å².